The third-order valence-corrected chi connectivity index (χ3v) is 6.47. The summed E-state index contributed by atoms with van der Waals surface area (Å²) in [5.74, 6) is 2.59. The van der Waals surface area contributed by atoms with E-state index in [-0.39, 0.29) is 0 Å². The number of guanidine groups is 1. The zero-order chi connectivity index (χ0) is 18.4. The van der Waals surface area contributed by atoms with Gasteiger partial charge in [-0.3, -0.25) is 4.99 Å². The number of hydrogen-bond acceptors (Lipinski definition) is 4. The summed E-state index contributed by atoms with van der Waals surface area (Å²) >= 11 is 8.17. The summed E-state index contributed by atoms with van der Waals surface area (Å²) in [6, 6.07) is 8.33. The number of hydrogen-bond donors (Lipinski definition) is 3. The van der Waals surface area contributed by atoms with Gasteiger partial charge in [-0.1, -0.05) is 23.7 Å². The Bertz CT molecular complexity index is 621. The predicted molar refractivity (Wildman–Crippen MR) is 113 cm³/mol. The lowest BCUT2D eigenvalue weighted by Crippen LogP contribution is -2.51. The van der Waals surface area contributed by atoms with Crippen molar-refractivity contribution in [3.8, 4) is 0 Å². The van der Waals surface area contributed by atoms with Crippen molar-refractivity contribution >= 4 is 35.0 Å². The third-order valence-electron chi connectivity index (χ3n) is 4.91. The summed E-state index contributed by atoms with van der Waals surface area (Å²) in [6.07, 6.45) is 3.04. The average Bonchev–Trinajstić information content (AvgIpc) is 3.08. The van der Waals surface area contributed by atoms with Crippen molar-refractivity contribution in [2.45, 2.75) is 37.8 Å². The van der Waals surface area contributed by atoms with Crippen LogP contribution in [-0.4, -0.2) is 60.4 Å². The molecule has 0 bridgehead atoms. The maximum absolute atomic E-state index is 10.5. The van der Waals surface area contributed by atoms with E-state index in [4.69, 9.17) is 11.6 Å². The summed E-state index contributed by atoms with van der Waals surface area (Å²) in [4.78, 5) is 7.00. The molecule has 5 nitrogen and oxygen atoms in total. The van der Waals surface area contributed by atoms with Crippen molar-refractivity contribution in [1.82, 2.24) is 10.6 Å². The van der Waals surface area contributed by atoms with Gasteiger partial charge in [-0.25, -0.2) is 0 Å². The lowest BCUT2D eigenvalue weighted by Gasteiger charge is -2.36. The molecule has 0 aromatic heterocycles. The van der Waals surface area contributed by atoms with Gasteiger partial charge >= 0.3 is 0 Å². The van der Waals surface area contributed by atoms with E-state index in [2.05, 4.69) is 33.5 Å². The molecule has 2 aliphatic rings. The maximum Gasteiger partial charge on any atom is 0.191 e. The molecule has 0 aliphatic carbocycles. The van der Waals surface area contributed by atoms with Crippen molar-refractivity contribution in [2.75, 3.05) is 42.6 Å². The molecule has 26 heavy (non-hydrogen) atoms. The Hall–Kier alpha value is -1.11. The molecule has 2 heterocycles. The number of para-hydroxylation sites is 1. The summed E-state index contributed by atoms with van der Waals surface area (Å²) in [5, 5.41) is 18.2. The number of aliphatic imine (C=N–C) groups is 1. The van der Waals surface area contributed by atoms with Crippen LogP contribution in [0.3, 0.4) is 0 Å². The Labute approximate surface area is 165 Å². The summed E-state index contributed by atoms with van der Waals surface area (Å²) in [5.41, 5.74) is 0.448. The minimum atomic E-state index is -0.650. The molecule has 2 saturated heterocycles. The normalized spacial score (nSPS) is 26.8. The fourth-order valence-corrected chi connectivity index (χ4v) is 5.02. The molecular formula is C19H29ClN4OS. The van der Waals surface area contributed by atoms with E-state index in [0.29, 0.717) is 12.6 Å². The highest BCUT2D eigenvalue weighted by Gasteiger charge is 2.31. The highest BCUT2D eigenvalue weighted by molar-refractivity contribution is 7.99. The predicted octanol–water partition coefficient (Wildman–Crippen LogP) is 2.73. The first kappa shape index (κ1) is 19.6. The molecule has 7 heteroatoms. The smallest absolute Gasteiger partial charge is 0.191 e. The number of piperidine rings is 1. The lowest BCUT2D eigenvalue weighted by atomic mass is 10.0. The molecule has 0 radical (unpaired) electrons. The minimum absolute atomic E-state index is 0.311. The van der Waals surface area contributed by atoms with E-state index < -0.39 is 5.60 Å². The Balaban J connectivity index is 1.62. The van der Waals surface area contributed by atoms with Crippen LogP contribution in [0.4, 0.5) is 5.69 Å². The van der Waals surface area contributed by atoms with E-state index in [1.54, 1.807) is 11.8 Å². The van der Waals surface area contributed by atoms with Crippen LogP contribution >= 0.6 is 23.4 Å². The second kappa shape index (κ2) is 9.20. The van der Waals surface area contributed by atoms with Crippen molar-refractivity contribution in [3.05, 3.63) is 29.3 Å². The molecule has 144 valence electrons. The number of benzene rings is 1. The van der Waals surface area contributed by atoms with Crippen LogP contribution in [0.1, 0.15) is 26.2 Å². The maximum atomic E-state index is 10.5. The monoisotopic (exact) mass is 396 g/mol. The molecule has 1 aromatic carbocycles. The Morgan fingerprint density at radius 3 is 3.04 bits per heavy atom. The number of aliphatic hydroxyl groups is 1. The second-order valence-electron chi connectivity index (χ2n) is 7.10. The standard InChI is InChI=1S/C19H29ClN4OS/c1-2-21-18(22-13-19(25)9-11-26-14-19)23-15-6-5-10-24(12-15)17-8-4-3-7-16(17)20/h3-4,7-8,15,25H,2,5-6,9-14H2,1H3,(H2,21,22,23). The molecule has 2 fully saturated rings. The minimum Gasteiger partial charge on any atom is -0.387 e. The average molecular weight is 397 g/mol. The molecule has 2 aliphatic heterocycles. The van der Waals surface area contributed by atoms with E-state index in [1.165, 1.54) is 0 Å². The van der Waals surface area contributed by atoms with Crippen LogP contribution < -0.4 is 15.5 Å². The van der Waals surface area contributed by atoms with Gasteiger partial charge in [0.15, 0.2) is 5.96 Å². The van der Waals surface area contributed by atoms with Gasteiger partial charge in [0, 0.05) is 31.4 Å². The van der Waals surface area contributed by atoms with Crippen LogP contribution in [0.5, 0.6) is 0 Å². The van der Waals surface area contributed by atoms with E-state index in [1.807, 2.05) is 18.2 Å². The number of thioether (sulfide) groups is 1. The van der Waals surface area contributed by atoms with Gasteiger partial charge in [0.1, 0.15) is 0 Å². The summed E-state index contributed by atoms with van der Waals surface area (Å²) in [7, 11) is 0. The first-order valence-corrected chi connectivity index (χ1v) is 11.0. The Morgan fingerprint density at radius 2 is 2.31 bits per heavy atom. The van der Waals surface area contributed by atoms with Crippen LogP contribution in [0, 0.1) is 0 Å². The number of nitrogens with zero attached hydrogens (tertiary/aromatic N) is 2. The van der Waals surface area contributed by atoms with E-state index >= 15 is 0 Å². The summed E-state index contributed by atoms with van der Waals surface area (Å²) < 4.78 is 0. The van der Waals surface area contributed by atoms with Gasteiger partial charge in [-0.2, -0.15) is 11.8 Å². The molecule has 0 saturated carbocycles. The molecule has 2 atom stereocenters. The van der Waals surface area contributed by atoms with Gasteiger partial charge in [-0.15, -0.1) is 0 Å². The van der Waals surface area contributed by atoms with Crippen molar-refractivity contribution < 1.29 is 5.11 Å². The van der Waals surface area contributed by atoms with E-state index in [0.717, 1.165) is 67.1 Å². The first-order chi connectivity index (χ1) is 12.6. The largest absolute Gasteiger partial charge is 0.387 e. The zero-order valence-corrected chi connectivity index (χ0v) is 17.0. The van der Waals surface area contributed by atoms with Crippen LogP contribution in [0.2, 0.25) is 5.02 Å². The Kier molecular flexibility index (Phi) is 6.95. The number of halogens is 1. The highest BCUT2D eigenvalue weighted by atomic mass is 35.5. The van der Waals surface area contributed by atoms with Gasteiger partial charge in [0.25, 0.3) is 0 Å². The topological polar surface area (TPSA) is 59.9 Å². The van der Waals surface area contributed by atoms with Crippen molar-refractivity contribution in [3.63, 3.8) is 0 Å². The van der Waals surface area contributed by atoms with Gasteiger partial charge in [-0.05, 0) is 44.1 Å². The van der Waals surface area contributed by atoms with Crippen molar-refractivity contribution in [1.29, 1.82) is 0 Å². The quantitative estimate of drug-likeness (QED) is 0.527. The lowest BCUT2D eigenvalue weighted by molar-refractivity contribution is 0.0778. The SMILES string of the molecule is CCNC(=NCC1(O)CCSC1)NC1CCCN(c2ccccc2Cl)C1. The molecule has 3 rings (SSSR count). The number of anilines is 1. The summed E-state index contributed by atoms with van der Waals surface area (Å²) in [6.45, 7) is 5.24. The van der Waals surface area contributed by atoms with Crippen LogP contribution in [0.15, 0.2) is 29.3 Å². The van der Waals surface area contributed by atoms with E-state index in [9.17, 15) is 5.11 Å². The molecule has 0 amide bonds. The second-order valence-corrected chi connectivity index (χ2v) is 8.62. The fraction of sp³-hybridized carbons (Fsp3) is 0.632. The molecule has 1 aromatic rings. The molecule has 2 unspecified atom stereocenters. The number of nitrogens with one attached hydrogen (secondary N) is 2. The Morgan fingerprint density at radius 1 is 1.46 bits per heavy atom. The van der Waals surface area contributed by atoms with Gasteiger partial charge in [0.05, 0.1) is 22.9 Å². The van der Waals surface area contributed by atoms with Crippen LogP contribution in [0.25, 0.3) is 0 Å². The van der Waals surface area contributed by atoms with Crippen LogP contribution in [-0.2, 0) is 0 Å². The molecule has 3 N–H and O–H groups in total. The van der Waals surface area contributed by atoms with Gasteiger partial charge in [0.2, 0.25) is 0 Å². The molecule has 0 spiro atoms. The molecular weight excluding hydrogens is 368 g/mol. The zero-order valence-electron chi connectivity index (χ0n) is 15.4. The van der Waals surface area contributed by atoms with Gasteiger partial charge < -0.3 is 20.6 Å². The third kappa shape index (κ3) is 5.21. The number of rotatable bonds is 5. The fourth-order valence-electron chi connectivity index (χ4n) is 3.48. The highest BCUT2D eigenvalue weighted by Crippen LogP contribution is 2.29. The first-order valence-electron chi connectivity index (χ1n) is 9.44. The van der Waals surface area contributed by atoms with Crippen molar-refractivity contribution in [2.24, 2.45) is 4.99 Å².